The van der Waals surface area contributed by atoms with Crippen LogP contribution in [0.15, 0.2) is 35.7 Å². The molecule has 0 saturated heterocycles. The van der Waals surface area contributed by atoms with Gasteiger partial charge in [-0.05, 0) is 51.0 Å². The maximum Gasteiger partial charge on any atom is 0.240 e. The summed E-state index contributed by atoms with van der Waals surface area (Å²) < 4.78 is 35.1. The maximum atomic E-state index is 12.7. The molecule has 0 aliphatic carbocycles. The molecule has 3 rings (SSSR count). The lowest BCUT2D eigenvalue weighted by atomic mass is 10.1. The lowest BCUT2D eigenvalue weighted by Gasteiger charge is -2.13. The van der Waals surface area contributed by atoms with Crippen molar-refractivity contribution in [3.63, 3.8) is 0 Å². The number of imidazole rings is 1. The summed E-state index contributed by atoms with van der Waals surface area (Å²) in [6.07, 6.45) is 3.17. The number of nitrogens with zero attached hydrogens (tertiary/aromatic N) is 4. The third-order valence-electron chi connectivity index (χ3n) is 4.86. The van der Waals surface area contributed by atoms with Crippen molar-refractivity contribution in [1.82, 2.24) is 24.2 Å². The average molecular weight is 431 g/mol. The van der Waals surface area contributed by atoms with Crippen LogP contribution in [0.1, 0.15) is 22.5 Å². The van der Waals surface area contributed by atoms with Gasteiger partial charge < -0.3 is 10.1 Å². The first-order valence-corrected chi connectivity index (χ1v) is 10.9. The molecule has 9 nitrogen and oxygen atoms in total. The van der Waals surface area contributed by atoms with E-state index in [2.05, 4.69) is 25.0 Å². The summed E-state index contributed by atoms with van der Waals surface area (Å²) in [7, 11) is -2.07. The quantitative estimate of drug-likeness (QED) is 0.528. The van der Waals surface area contributed by atoms with Gasteiger partial charge in [0, 0.05) is 24.8 Å². The van der Waals surface area contributed by atoms with Crippen molar-refractivity contribution in [2.75, 3.05) is 25.5 Å². The topological polar surface area (TPSA) is 111 Å². The van der Waals surface area contributed by atoms with Gasteiger partial charge in [0.2, 0.25) is 10.0 Å². The Kier molecular flexibility index (Phi) is 6.37. The molecule has 2 N–H and O–H groups in total. The fourth-order valence-electron chi connectivity index (χ4n) is 3.03. The fraction of sp³-hybridized carbons (Fsp3) is 0.350. The van der Waals surface area contributed by atoms with Crippen LogP contribution in [0.5, 0.6) is 5.75 Å². The SMILES string of the molecule is COc1cc(C)c(S(=O)(=O)NCCNc2cc(-n3cnc(C)c3C)ncn2)cc1C. The van der Waals surface area contributed by atoms with E-state index in [1.165, 1.54) is 6.33 Å². The number of hydrogen-bond acceptors (Lipinski definition) is 7. The number of methoxy groups -OCH3 is 1. The summed E-state index contributed by atoms with van der Waals surface area (Å²) in [5.41, 5.74) is 3.32. The van der Waals surface area contributed by atoms with Gasteiger partial charge in [0.25, 0.3) is 0 Å². The molecule has 0 bridgehead atoms. The standard InChI is InChI=1S/C20H26N6O3S/c1-13-9-18(14(2)8-17(13)29-5)30(27,28)25-7-6-21-19-10-20(23-11-22-19)26-12-24-15(3)16(26)4/h8-12,25H,6-7H2,1-5H3,(H,21,22,23). The highest BCUT2D eigenvalue weighted by Crippen LogP contribution is 2.25. The number of aromatic nitrogens is 4. The molecular formula is C20H26N6O3S. The molecule has 0 unspecified atom stereocenters. The van der Waals surface area contributed by atoms with Gasteiger partial charge in [-0.15, -0.1) is 0 Å². The molecule has 0 aliphatic heterocycles. The van der Waals surface area contributed by atoms with E-state index < -0.39 is 10.0 Å². The number of rotatable bonds is 8. The smallest absolute Gasteiger partial charge is 0.240 e. The summed E-state index contributed by atoms with van der Waals surface area (Å²) in [6, 6.07) is 5.14. The Labute approximate surface area is 176 Å². The van der Waals surface area contributed by atoms with E-state index in [4.69, 9.17) is 4.74 Å². The first-order chi connectivity index (χ1) is 14.2. The Morgan fingerprint density at radius 2 is 1.77 bits per heavy atom. The van der Waals surface area contributed by atoms with Crippen LogP contribution in [0.4, 0.5) is 5.82 Å². The van der Waals surface area contributed by atoms with Gasteiger partial charge in [0.05, 0.1) is 17.7 Å². The molecule has 160 valence electrons. The van der Waals surface area contributed by atoms with Crippen molar-refractivity contribution in [3.8, 4) is 11.6 Å². The number of anilines is 1. The normalized spacial score (nSPS) is 11.5. The van der Waals surface area contributed by atoms with Crippen LogP contribution in [-0.4, -0.2) is 48.1 Å². The average Bonchev–Trinajstić information content (AvgIpc) is 3.05. The van der Waals surface area contributed by atoms with Gasteiger partial charge in [0.1, 0.15) is 30.0 Å². The fourth-order valence-corrected chi connectivity index (χ4v) is 4.37. The molecule has 10 heteroatoms. The van der Waals surface area contributed by atoms with E-state index in [0.29, 0.717) is 29.5 Å². The Morgan fingerprint density at radius 3 is 2.43 bits per heavy atom. The number of sulfonamides is 1. The predicted octanol–water partition coefficient (Wildman–Crippen LogP) is 2.29. The van der Waals surface area contributed by atoms with E-state index in [9.17, 15) is 8.42 Å². The first kappa shape index (κ1) is 21.7. The number of ether oxygens (including phenoxy) is 1. The minimum absolute atomic E-state index is 0.204. The molecule has 0 spiro atoms. The van der Waals surface area contributed by atoms with Crippen LogP contribution >= 0.6 is 0 Å². The summed E-state index contributed by atoms with van der Waals surface area (Å²) in [5.74, 6) is 1.95. The third kappa shape index (κ3) is 4.60. The van der Waals surface area contributed by atoms with E-state index >= 15 is 0 Å². The Balaban J connectivity index is 1.63. The van der Waals surface area contributed by atoms with Crippen molar-refractivity contribution >= 4 is 15.8 Å². The van der Waals surface area contributed by atoms with Crippen LogP contribution < -0.4 is 14.8 Å². The molecule has 0 amide bonds. The number of nitrogens with one attached hydrogen (secondary N) is 2. The highest BCUT2D eigenvalue weighted by molar-refractivity contribution is 7.89. The number of benzene rings is 1. The zero-order valence-corrected chi connectivity index (χ0v) is 18.5. The molecule has 1 aromatic carbocycles. The highest BCUT2D eigenvalue weighted by Gasteiger charge is 2.18. The molecule has 2 heterocycles. The van der Waals surface area contributed by atoms with Gasteiger partial charge in [-0.2, -0.15) is 0 Å². The van der Waals surface area contributed by atoms with Crippen LogP contribution in [-0.2, 0) is 10.0 Å². The van der Waals surface area contributed by atoms with Crippen molar-refractivity contribution < 1.29 is 13.2 Å². The van der Waals surface area contributed by atoms with Crippen molar-refractivity contribution in [1.29, 1.82) is 0 Å². The zero-order valence-electron chi connectivity index (χ0n) is 17.7. The van der Waals surface area contributed by atoms with Crippen LogP contribution in [0.25, 0.3) is 5.82 Å². The molecule has 0 aliphatic rings. The maximum absolute atomic E-state index is 12.7. The second-order valence-electron chi connectivity index (χ2n) is 6.96. The summed E-state index contributed by atoms with van der Waals surface area (Å²) in [6.45, 7) is 8.03. The molecular weight excluding hydrogens is 404 g/mol. The van der Waals surface area contributed by atoms with E-state index in [1.54, 1.807) is 38.6 Å². The molecule has 2 aromatic heterocycles. The molecule has 0 fully saturated rings. The van der Waals surface area contributed by atoms with Gasteiger partial charge in [-0.1, -0.05) is 0 Å². The van der Waals surface area contributed by atoms with E-state index in [-0.39, 0.29) is 11.4 Å². The molecule has 0 atom stereocenters. The van der Waals surface area contributed by atoms with E-state index in [0.717, 1.165) is 17.0 Å². The van der Waals surface area contributed by atoms with Crippen LogP contribution in [0.2, 0.25) is 0 Å². The lowest BCUT2D eigenvalue weighted by Crippen LogP contribution is -2.29. The lowest BCUT2D eigenvalue weighted by molar-refractivity contribution is 0.411. The van der Waals surface area contributed by atoms with Gasteiger partial charge >= 0.3 is 0 Å². The Bertz CT molecular complexity index is 1160. The van der Waals surface area contributed by atoms with E-state index in [1.807, 2.05) is 25.3 Å². The summed E-state index contributed by atoms with van der Waals surface area (Å²) in [4.78, 5) is 13.0. The minimum Gasteiger partial charge on any atom is -0.496 e. The predicted molar refractivity (Wildman–Crippen MR) is 115 cm³/mol. The molecule has 30 heavy (non-hydrogen) atoms. The van der Waals surface area contributed by atoms with Crippen LogP contribution in [0, 0.1) is 27.7 Å². The van der Waals surface area contributed by atoms with Gasteiger partial charge in [0.15, 0.2) is 0 Å². The van der Waals surface area contributed by atoms with Crippen molar-refractivity contribution in [2.45, 2.75) is 32.6 Å². The van der Waals surface area contributed by atoms with Crippen molar-refractivity contribution in [2.24, 2.45) is 0 Å². The molecule has 0 radical (unpaired) electrons. The minimum atomic E-state index is -3.64. The number of hydrogen-bond donors (Lipinski definition) is 2. The first-order valence-electron chi connectivity index (χ1n) is 9.44. The monoisotopic (exact) mass is 430 g/mol. The van der Waals surface area contributed by atoms with Crippen LogP contribution in [0.3, 0.4) is 0 Å². The largest absolute Gasteiger partial charge is 0.496 e. The Hall–Kier alpha value is -2.98. The second-order valence-corrected chi connectivity index (χ2v) is 8.69. The Morgan fingerprint density at radius 1 is 1.00 bits per heavy atom. The van der Waals surface area contributed by atoms with Gasteiger partial charge in [-0.3, -0.25) is 4.57 Å². The van der Waals surface area contributed by atoms with Gasteiger partial charge in [-0.25, -0.2) is 28.1 Å². The highest BCUT2D eigenvalue weighted by atomic mass is 32.2. The zero-order chi connectivity index (χ0) is 21.9. The summed E-state index contributed by atoms with van der Waals surface area (Å²) in [5, 5.41) is 3.12. The van der Waals surface area contributed by atoms with Crippen molar-refractivity contribution in [3.05, 3.63) is 53.4 Å². The number of aryl methyl sites for hydroxylation is 3. The summed E-state index contributed by atoms with van der Waals surface area (Å²) >= 11 is 0. The molecule has 0 saturated carbocycles. The third-order valence-corrected chi connectivity index (χ3v) is 6.46. The second kappa shape index (κ2) is 8.80. The molecule has 3 aromatic rings.